The zero-order valence-corrected chi connectivity index (χ0v) is 12.9. The van der Waals surface area contributed by atoms with Gasteiger partial charge in [0, 0.05) is 44.2 Å². The largest absolute Gasteiger partial charge is 0.454 e. The van der Waals surface area contributed by atoms with Gasteiger partial charge in [-0.05, 0) is 17.7 Å². The molecule has 0 bridgehead atoms. The van der Waals surface area contributed by atoms with Gasteiger partial charge in [0.15, 0.2) is 11.5 Å². The van der Waals surface area contributed by atoms with Crippen molar-refractivity contribution in [3.05, 3.63) is 22.7 Å². The van der Waals surface area contributed by atoms with Gasteiger partial charge in [0.05, 0.1) is 5.02 Å². The fourth-order valence-corrected chi connectivity index (χ4v) is 3.68. The number of fused-ring (bicyclic) bond motifs is 1. The van der Waals surface area contributed by atoms with Crippen LogP contribution < -0.4 is 14.8 Å². The van der Waals surface area contributed by atoms with Gasteiger partial charge in [-0.2, -0.15) is 11.8 Å². The highest BCUT2D eigenvalue weighted by Gasteiger charge is 2.18. The van der Waals surface area contributed by atoms with Crippen molar-refractivity contribution < 1.29 is 9.47 Å². The molecule has 110 valence electrons. The van der Waals surface area contributed by atoms with Gasteiger partial charge in [-0.15, -0.1) is 0 Å². The molecule has 3 rings (SSSR count). The lowest BCUT2D eigenvalue weighted by molar-refractivity contribution is 0.174. The summed E-state index contributed by atoms with van der Waals surface area (Å²) in [7, 11) is 0. The van der Waals surface area contributed by atoms with E-state index in [1.165, 1.54) is 24.6 Å². The zero-order chi connectivity index (χ0) is 13.8. The van der Waals surface area contributed by atoms with E-state index in [1.807, 2.05) is 23.9 Å². The summed E-state index contributed by atoms with van der Waals surface area (Å²) in [5.74, 6) is 3.94. The molecule has 0 unspecified atom stereocenters. The number of benzene rings is 1. The summed E-state index contributed by atoms with van der Waals surface area (Å²) < 4.78 is 10.7. The van der Waals surface area contributed by atoms with E-state index in [1.54, 1.807) is 0 Å². The minimum absolute atomic E-state index is 0.263. The van der Waals surface area contributed by atoms with E-state index >= 15 is 0 Å². The van der Waals surface area contributed by atoms with E-state index in [4.69, 9.17) is 21.1 Å². The standard InChI is InChI=1S/C14H19ClN2O2S/c15-12-7-11(8-13-14(12)19-10-18-13)9-16-1-2-17-3-5-20-6-4-17/h7-8,16H,1-6,9-10H2. The third-order valence-electron chi connectivity index (χ3n) is 3.52. The summed E-state index contributed by atoms with van der Waals surface area (Å²) >= 11 is 8.21. The second kappa shape index (κ2) is 6.89. The van der Waals surface area contributed by atoms with Crippen molar-refractivity contribution in [1.82, 2.24) is 10.2 Å². The molecule has 1 fully saturated rings. The number of rotatable bonds is 5. The van der Waals surface area contributed by atoms with Gasteiger partial charge in [0.1, 0.15) is 0 Å². The average molecular weight is 315 g/mol. The molecule has 1 aromatic carbocycles. The molecule has 0 amide bonds. The van der Waals surface area contributed by atoms with Crippen molar-refractivity contribution in [2.24, 2.45) is 0 Å². The van der Waals surface area contributed by atoms with Crippen LogP contribution in [0.15, 0.2) is 12.1 Å². The third-order valence-corrected chi connectivity index (χ3v) is 4.75. The Morgan fingerprint density at radius 2 is 2.10 bits per heavy atom. The number of nitrogens with one attached hydrogen (secondary N) is 1. The van der Waals surface area contributed by atoms with E-state index in [2.05, 4.69) is 10.2 Å². The minimum atomic E-state index is 0.263. The highest BCUT2D eigenvalue weighted by Crippen LogP contribution is 2.39. The normalized spacial score (nSPS) is 18.4. The van der Waals surface area contributed by atoms with Gasteiger partial charge >= 0.3 is 0 Å². The average Bonchev–Trinajstić information content (AvgIpc) is 2.94. The first-order valence-corrected chi connectivity index (χ1v) is 8.45. The van der Waals surface area contributed by atoms with Gasteiger partial charge in [-0.3, -0.25) is 0 Å². The Labute approximate surface area is 128 Å². The lowest BCUT2D eigenvalue weighted by Gasteiger charge is -2.26. The summed E-state index contributed by atoms with van der Waals surface area (Å²) in [4.78, 5) is 2.51. The number of halogens is 1. The predicted octanol–water partition coefficient (Wildman–Crippen LogP) is 2.21. The maximum absolute atomic E-state index is 6.17. The fraction of sp³-hybridized carbons (Fsp3) is 0.571. The molecular weight excluding hydrogens is 296 g/mol. The monoisotopic (exact) mass is 314 g/mol. The van der Waals surface area contributed by atoms with Gasteiger partial charge in [0.25, 0.3) is 0 Å². The third kappa shape index (κ3) is 3.52. The summed E-state index contributed by atoms with van der Waals surface area (Å²) in [6, 6.07) is 3.94. The van der Waals surface area contributed by atoms with Crippen LogP contribution in [0.4, 0.5) is 0 Å². The van der Waals surface area contributed by atoms with Crippen LogP contribution in [0.2, 0.25) is 5.02 Å². The molecule has 0 saturated carbocycles. The van der Waals surface area contributed by atoms with Crippen LogP contribution in [-0.4, -0.2) is 49.4 Å². The molecule has 0 atom stereocenters. The van der Waals surface area contributed by atoms with Crippen molar-refractivity contribution in [2.75, 3.05) is 44.5 Å². The zero-order valence-electron chi connectivity index (χ0n) is 11.4. The molecule has 6 heteroatoms. The molecule has 4 nitrogen and oxygen atoms in total. The van der Waals surface area contributed by atoms with Crippen molar-refractivity contribution >= 4 is 23.4 Å². The molecule has 2 aliphatic heterocycles. The smallest absolute Gasteiger partial charge is 0.231 e. The molecule has 20 heavy (non-hydrogen) atoms. The van der Waals surface area contributed by atoms with Gasteiger partial charge in [-0.25, -0.2) is 0 Å². The quantitative estimate of drug-likeness (QED) is 0.843. The molecule has 2 aliphatic rings. The first-order chi connectivity index (χ1) is 9.83. The number of hydrogen-bond donors (Lipinski definition) is 1. The molecule has 2 heterocycles. The topological polar surface area (TPSA) is 33.7 Å². The molecule has 0 aromatic heterocycles. The van der Waals surface area contributed by atoms with Crippen molar-refractivity contribution in [2.45, 2.75) is 6.54 Å². The van der Waals surface area contributed by atoms with Crippen LogP contribution >= 0.6 is 23.4 Å². The summed E-state index contributed by atoms with van der Waals surface area (Å²) in [5.41, 5.74) is 1.13. The van der Waals surface area contributed by atoms with Gasteiger partial charge in [-0.1, -0.05) is 11.6 Å². The van der Waals surface area contributed by atoms with E-state index in [0.29, 0.717) is 10.8 Å². The first kappa shape index (κ1) is 14.3. The lowest BCUT2D eigenvalue weighted by Crippen LogP contribution is -2.37. The van der Waals surface area contributed by atoms with Crippen LogP contribution in [-0.2, 0) is 6.54 Å². The second-order valence-electron chi connectivity index (χ2n) is 4.94. The Kier molecular flexibility index (Phi) is 4.94. The van der Waals surface area contributed by atoms with Crippen LogP contribution in [0, 0.1) is 0 Å². The van der Waals surface area contributed by atoms with Crippen LogP contribution in [0.5, 0.6) is 11.5 Å². The van der Waals surface area contributed by atoms with E-state index < -0.39 is 0 Å². The van der Waals surface area contributed by atoms with Crippen molar-refractivity contribution in [1.29, 1.82) is 0 Å². The molecular formula is C14H19ClN2O2S. The molecule has 0 spiro atoms. The molecule has 0 aliphatic carbocycles. The fourth-order valence-electron chi connectivity index (χ4n) is 2.42. The van der Waals surface area contributed by atoms with Gasteiger partial charge in [0.2, 0.25) is 6.79 Å². The van der Waals surface area contributed by atoms with Gasteiger partial charge < -0.3 is 19.7 Å². The second-order valence-corrected chi connectivity index (χ2v) is 6.57. The first-order valence-electron chi connectivity index (χ1n) is 6.92. The van der Waals surface area contributed by atoms with E-state index in [-0.39, 0.29) is 6.79 Å². The lowest BCUT2D eigenvalue weighted by atomic mass is 10.2. The maximum atomic E-state index is 6.17. The number of hydrogen-bond acceptors (Lipinski definition) is 5. The Hall–Kier alpha value is -0.620. The van der Waals surface area contributed by atoms with Crippen LogP contribution in [0.1, 0.15) is 5.56 Å². The van der Waals surface area contributed by atoms with E-state index in [9.17, 15) is 0 Å². The van der Waals surface area contributed by atoms with Crippen LogP contribution in [0.25, 0.3) is 0 Å². The Bertz CT molecular complexity index is 467. The molecule has 0 radical (unpaired) electrons. The minimum Gasteiger partial charge on any atom is -0.454 e. The Morgan fingerprint density at radius 1 is 1.25 bits per heavy atom. The highest BCUT2D eigenvalue weighted by atomic mass is 35.5. The molecule has 1 saturated heterocycles. The number of ether oxygens (including phenoxy) is 2. The number of nitrogens with zero attached hydrogens (tertiary/aromatic N) is 1. The molecule has 1 N–H and O–H groups in total. The van der Waals surface area contributed by atoms with E-state index in [0.717, 1.165) is 30.9 Å². The van der Waals surface area contributed by atoms with Crippen molar-refractivity contribution in [3.63, 3.8) is 0 Å². The predicted molar refractivity (Wildman–Crippen MR) is 83.0 cm³/mol. The summed E-state index contributed by atoms with van der Waals surface area (Å²) in [6.07, 6.45) is 0. The van der Waals surface area contributed by atoms with Crippen molar-refractivity contribution in [3.8, 4) is 11.5 Å². The molecule has 1 aromatic rings. The SMILES string of the molecule is Clc1cc(CNCCN2CCSCC2)cc2c1OCO2. The Balaban J connectivity index is 1.45. The highest BCUT2D eigenvalue weighted by molar-refractivity contribution is 7.99. The number of thioether (sulfide) groups is 1. The maximum Gasteiger partial charge on any atom is 0.231 e. The Morgan fingerprint density at radius 3 is 2.95 bits per heavy atom. The summed E-state index contributed by atoms with van der Waals surface area (Å²) in [5, 5.41) is 4.09. The van der Waals surface area contributed by atoms with Crippen LogP contribution in [0.3, 0.4) is 0 Å². The summed E-state index contributed by atoms with van der Waals surface area (Å²) in [6.45, 7) is 5.60.